The molecule has 0 saturated carbocycles. The van der Waals surface area contributed by atoms with Crippen LogP contribution in [0.4, 0.5) is 8.78 Å². The van der Waals surface area contributed by atoms with Crippen molar-refractivity contribution >= 4 is 17.2 Å². The number of carbonyl (C=O) groups excluding carboxylic acids is 1. The van der Waals surface area contributed by atoms with Crippen LogP contribution in [0.25, 0.3) is 0 Å². The molecule has 2 aromatic rings. The second-order valence-corrected chi connectivity index (χ2v) is 6.56. The van der Waals surface area contributed by atoms with Crippen LogP contribution in [0, 0.1) is 11.6 Å². The zero-order chi connectivity index (χ0) is 16.2. The van der Waals surface area contributed by atoms with Crippen LogP contribution in [0.3, 0.4) is 0 Å². The van der Waals surface area contributed by atoms with Crippen LogP contribution in [-0.2, 0) is 11.3 Å². The molecular weight excluding hydrogens is 320 g/mol. The Labute approximate surface area is 137 Å². The summed E-state index contributed by atoms with van der Waals surface area (Å²) in [6, 6.07) is 6.88. The number of nitrogens with zero attached hydrogens (tertiary/aromatic N) is 1. The van der Waals surface area contributed by atoms with E-state index in [-0.39, 0.29) is 11.7 Å². The second-order valence-electron chi connectivity index (χ2n) is 5.52. The number of halogens is 2. The number of carbonyl (C=O) groups is 1. The van der Waals surface area contributed by atoms with Gasteiger partial charge in [-0.1, -0.05) is 6.07 Å². The van der Waals surface area contributed by atoms with Crippen molar-refractivity contribution in [3.8, 4) is 0 Å². The highest BCUT2D eigenvalue weighted by Gasteiger charge is 2.25. The molecule has 1 fully saturated rings. The van der Waals surface area contributed by atoms with Gasteiger partial charge < -0.3 is 9.64 Å². The zero-order valence-corrected chi connectivity index (χ0v) is 13.3. The van der Waals surface area contributed by atoms with Gasteiger partial charge >= 0.3 is 0 Å². The Hall–Kier alpha value is -1.79. The Balaban J connectivity index is 1.81. The Morgan fingerprint density at radius 1 is 1.35 bits per heavy atom. The van der Waals surface area contributed by atoms with Crippen molar-refractivity contribution < 1.29 is 18.3 Å². The van der Waals surface area contributed by atoms with Crippen molar-refractivity contribution in [2.24, 2.45) is 0 Å². The molecule has 0 N–H and O–H groups in total. The number of benzene rings is 1. The minimum atomic E-state index is -0.835. The summed E-state index contributed by atoms with van der Waals surface area (Å²) in [6.07, 6.45) is 1.83. The van der Waals surface area contributed by atoms with E-state index in [9.17, 15) is 13.6 Å². The molecular formula is C17H17F2NO2S. The fourth-order valence-corrected chi connectivity index (χ4v) is 3.40. The first-order valence-electron chi connectivity index (χ1n) is 7.52. The van der Waals surface area contributed by atoms with E-state index in [0.29, 0.717) is 19.7 Å². The Bertz CT molecular complexity index is 669. The summed E-state index contributed by atoms with van der Waals surface area (Å²) in [4.78, 5) is 15.3. The van der Waals surface area contributed by atoms with Gasteiger partial charge in [0.25, 0.3) is 5.91 Å². The Morgan fingerprint density at radius 2 is 2.22 bits per heavy atom. The highest BCUT2D eigenvalue weighted by Crippen LogP contribution is 2.20. The van der Waals surface area contributed by atoms with Gasteiger partial charge in [-0.05, 0) is 36.4 Å². The molecule has 1 aliphatic rings. The largest absolute Gasteiger partial charge is 0.376 e. The second kappa shape index (κ2) is 7.19. The highest BCUT2D eigenvalue weighted by molar-refractivity contribution is 7.09. The van der Waals surface area contributed by atoms with E-state index in [4.69, 9.17) is 4.74 Å². The van der Waals surface area contributed by atoms with Gasteiger partial charge in [0.1, 0.15) is 11.6 Å². The van der Waals surface area contributed by atoms with Crippen molar-refractivity contribution in [2.45, 2.75) is 25.5 Å². The molecule has 0 aliphatic carbocycles. The predicted molar refractivity (Wildman–Crippen MR) is 84.4 cm³/mol. The first-order valence-corrected chi connectivity index (χ1v) is 8.40. The maximum Gasteiger partial charge on any atom is 0.257 e. The lowest BCUT2D eigenvalue weighted by Gasteiger charge is -2.25. The van der Waals surface area contributed by atoms with Gasteiger partial charge in [-0.15, -0.1) is 11.3 Å². The van der Waals surface area contributed by atoms with Crippen LogP contribution >= 0.6 is 11.3 Å². The van der Waals surface area contributed by atoms with Crippen molar-refractivity contribution in [2.75, 3.05) is 13.2 Å². The molecule has 1 amide bonds. The summed E-state index contributed by atoms with van der Waals surface area (Å²) < 4.78 is 32.6. The predicted octanol–water partition coefficient (Wildman–Crippen LogP) is 3.85. The van der Waals surface area contributed by atoms with Gasteiger partial charge in [-0.2, -0.15) is 0 Å². The maximum absolute atomic E-state index is 13.9. The molecule has 0 radical (unpaired) electrons. The van der Waals surface area contributed by atoms with Crippen molar-refractivity contribution in [1.29, 1.82) is 0 Å². The van der Waals surface area contributed by atoms with Gasteiger partial charge in [-0.3, -0.25) is 4.79 Å². The van der Waals surface area contributed by atoms with Crippen LogP contribution in [0.5, 0.6) is 0 Å². The van der Waals surface area contributed by atoms with E-state index in [1.165, 1.54) is 17.4 Å². The summed E-state index contributed by atoms with van der Waals surface area (Å²) in [7, 11) is 0. The van der Waals surface area contributed by atoms with E-state index < -0.39 is 17.5 Å². The van der Waals surface area contributed by atoms with Crippen LogP contribution in [0.2, 0.25) is 0 Å². The third kappa shape index (κ3) is 3.95. The number of thiophene rings is 1. The van der Waals surface area contributed by atoms with E-state index in [1.807, 2.05) is 17.5 Å². The standard InChI is InChI=1S/C17H17F2NO2S/c18-12-5-6-15(16(19)9-12)17(21)20(10-13-3-1-7-22-13)11-14-4-2-8-23-14/h2,4-6,8-9,13H,1,3,7,10-11H2. The van der Waals surface area contributed by atoms with E-state index in [1.54, 1.807) is 4.90 Å². The molecule has 1 aliphatic heterocycles. The first kappa shape index (κ1) is 16.1. The zero-order valence-electron chi connectivity index (χ0n) is 12.5. The third-order valence-corrected chi connectivity index (χ3v) is 4.68. The molecule has 3 nitrogen and oxygen atoms in total. The fourth-order valence-electron chi connectivity index (χ4n) is 2.68. The van der Waals surface area contributed by atoms with Crippen molar-refractivity contribution in [1.82, 2.24) is 4.90 Å². The molecule has 122 valence electrons. The molecule has 6 heteroatoms. The maximum atomic E-state index is 13.9. The summed E-state index contributed by atoms with van der Waals surface area (Å²) >= 11 is 1.54. The summed E-state index contributed by atoms with van der Waals surface area (Å²) in [5, 5.41) is 1.93. The van der Waals surface area contributed by atoms with E-state index in [0.717, 1.165) is 29.9 Å². The quantitative estimate of drug-likeness (QED) is 0.829. The smallest absolute Gasteiger partial charge is 0.257 e. The lowest BCUT2D eigenvalue weighted by Crippen LogP contribution is -2.37. The lowest BCUT2D eigenvalue weighted by atomic mass is 10.1. The van der Waals surface area contributed by atoms with E-state index >= 15 is 0 Å². The highest BCUT2D eigenvalue weighted by atomic mass is 32.1. The summed E-state index contributed by atoms with van der Waals surface area (Å²) in [6.45, 7) is 1.50. The minimum Gasteiger partial charge on any atom is -0.376 e. The van der Waals surface area contributed by atoms with Gasteiger partial charge in [0.05, 0.1) is 18.2 Å². The number of amides is 1. The average Bonchev–Trinajstić information content (AvgIpc) is 3.19. The minimum absolute atomic E-state index is 0.0255. The average molecular weight is 337 g/mol. The summed E-state index contributed by atoms with van der Waals surface area (Å²) in [5.74, 6) is -1.96. The Morgan fingerprint density at radius 3 is 2.87 bits per heavy atom. The van der Waals surface area contributed by atoms with Gasteiger partial charge in [0.2, 0.25) is 0 Å². The topological polar surface area (TPSA) is 29.5 Å². The third-order valence-electron chi connectivity index (χ3n) is 3.82. The number of hydrogen-bond donors (Lipinski definition) is 0. The van der Waals surface area contributed by atoms with Crippen molar-refractivity contribution in [3.05, 3.63) is 57.8 Å². The van der Waals surface area contributed by atoms with E-state index in [2.05, 4.69) is 0 Å². The number of ether oxygens (including phenoxy) is 1. The molecule has 2 heterocycles. The van der Waals surface area contributed by atoms with Crippen LogP contribution < -0.4 is 0 Å². The van der Waals surface area contributed by atoms with Gasteiger partial charge in [-0.25, -0.2) is 8.78 Å². The molecule has 3 rings (SSSR count). The molecule has 0 spiro atoms. The van der Waals surface area contributed by atoms with Crippen LogP contribution in [0.15, 0.2) is 35.7 Å². The molecule has 1 aromatic carbocycles. The first-order chi connectivity index (χ1) is 11.1. The van der Waals surface area contributed by atoms with Gasteiger partial charge in [0, 0.05) is 24.1 Å². The van der Waals surface area contributed by atoms with Crippen molar-refractivity contribution in [3.63, 3.8) is 0 Å². The SMILES string of the molecule is O=C(c1ccc(F)cc1F)N(Cc1cccs1)CC1CCCO1. The number of rotatable bonds is 5. The molecule has 1 saturated heterocycles. The van der Waals surface area contributed by atoms with Gasteiger partial charge in [0.15, 0.2) is 0 Å². The fraction of sp³-hybridized carbons (Fsp3) is 0.353. The molecule has 1 unspecified atom stereocenters. The van der Waals surface area contributed by atoms with Crippen LogP contribution in [-0.4, -0.2) is 30.1 Å². The normalized spacial score (nSPS) is 17.4. The van der Waals surface area contributed by atoms with Crippen LogP contribution in [0.1, 0.15) is 28.1 Å². The monoisotopic (exact) mass is 337 g/mol. The molecule has 1 atom stereocenters. The lowest BCUT2D eigenvalue weighted by molar-refractivity contribution is 0.0506. The molecule has 23 heavy (non-hydrogen) atoms. The Kier molecular flexibility index (Phi) is 5.03. The summed E-state index contributed by atoms with van der Waals surface area (Å²) in [5.41, 5.74) is -0.110. The number of hydrogen-bond acceptors (Lipinski definition) is 3. The molecule has 1 aromatic heterocycles. The molecule has 0 bridgehead atoms.